The van der Waals surface area contributed by atoms with Crippen molar-refractivity contribution in [2.45, 2.75) is 0 Å². The Morgan fingerprint density at radius 3 is 2.28 bits per heavy atom. The van der Waals surface area contributed by atoms with E-state index in [-0.39, 0.29) is 11.5 Å². The molecule has 0 aliphatic heterocycles. The second-order valence-electron chi connectivity index (χ2n) is 6.02. The number of rotatable bonds is 6. The van der Waals surface area contributed by atoms with Gasteiger partial charge in [0.1, 0.15) is 5.82 Å². The number of ether oxygens (including phenoxy) is 1. The summed E-state index contributed by atoms with van der Waals surface area (Å²) in [6, 6.07) is 18.6. The van der Waals surface area contributed by atoms with E-state index in [0.717, 1.165) is 6.07 Å². The number of halogens is 2. The summed E-state index contributed by atoms with van der Waals surface area (Å²) in [7, 11) is 0. The zero-order valence-corrected chi connectivity index (χ0v) is 16.6. The van der Waals surface area contributed by atoms with Crippen molar-refractivity contribution in [3.63, 3.8) is 0 Å². The fourth-order valence-electron chi connectivity index (χ4n) is 2.48. The van der Waals surface area contributed by atoms with Crippen molar-refractivity contribution in [2.24, 2.45) is 0 Å². The van der Waals surface area contributed by atoms with Gasteiger partial charge in [0.15, 0.2) is 12.4 Å². The third kappa shape index (κ3) is 5.36. The molecule has 0 heterocycles. The van der Waals surface area contributed by atoms with Crippen LogP contribution in [0.25, 0.3) is 0 Å². The number of hydrogen-bond acceptors (Lipinski definition) is 4. The minimum Gasteiger partial charge on any atom is -0.454 e. The van der Waals surface area contributed by atoms with Crippen molar-refractivity contribution in [3.05, 3.63) is 99.8 Å². The lowest BCUT2D eigenvalue weighted by Crippen LogP contribution is -2.15. The molecule has 0 fully saturated rings. The summed E-state index contributed by atoms with van der Waals surface area (Å²) in [4.78, 5) is 36.4. The summed E-state index contributed by atoms with van der Waals surface area (Å²) in [6.45, 7) is -0.489. The van der Waals surface area contributed by atoms with Gasteiger partial charge >= 0.3 is 5.97 Å². The number of benzene rings is 3. The highest BCUT2D eigenvalue weighted by atomic mass is 79.9. The Balaban J connectivity index is 1.58. The van der Waals surface area contributed by atoms with Gasteiger partial charge in [-0.25, -0.2) is 9.18 Å². The quantitative estimate of drug-likeness (QED) is 0.424. The zero-order chi connectivity index (χ0) is 20.8. The molecule has 146 valence electrons. The summed E-state index contributed by atoms with van der Waals surface area (Å²) >= 11 is 3.14. The fraction of sp³-hybridized carbons (Fsp3) is 0.0455. The highest BCUT2D eigenvalue weighted by Crippen LogP contribution is 2.19. The van der Waals surface area contributed by atoms with Gasteiger partial charge < -0.3 is 10.1 Å². The van der Waals surface area contributed by atoms with Gasteiger partial charge in [-0.2, -0.15) is 0 Å². The van der Waals surface area contributed by atoms with E-state index in [4.69, 9.17) is 4.74 Å². The Morgan fingerprint density at radius 1 is 0.897 bits per heavy atom. The van der Waals surface area contributed by atoms with Crippen molar-refractivity contribution >= 4 is 39.3 Å². The van der Waals surface area contributed by atoms with Crippen molar-refractivity contribution in [3.8, 4) is 0 Å². The Hall–Kier alpha value is -3.32. The number of nitrogens with one attached hydrogen (secondary N) is 1. The lowest BCUT2D eigenvalue weighted by atomic mass is 10.1. The summed E-state index contributed by atoms with van der Waals surface area (Å²) in [5.74, 6) is -2.08. The van der Waals surface area contributed by atoms with E-state index >= 15 is 0 Å². The molecule has 0 aliphatic carbocycles. The number of carbonyl (C=O) groups excluding carboxylic acids is 3. The number of carbonyl (C=O) groups is 3. The van der Waals surface area contributed by atoms with Crippen LogP contribution < -0.4 is 5.32 Å². The van der Waals surface area contributed by atoms with Gasteiger partial charge in [-0.3, -0.25) is 9.59 Å². The van der Waals surface area contributed by atoms with Crippen LogP contribution in [0, 0.1) is 5.82 Å². The predicted octanol–water partition coefficient (Wildman–Crippen LogP) is 4.88. The Kier molecular flexibility index (Phi) is 6.51. The van der Waals surface area contributed by atoms with Crippen molar-refractivity contribution < 1.29 is 23.5 Å². The Morgan fingerprint density at radius 2 is 1.59 bits per heavy atom. The first kappa shape index (κ1) is 20.4. The van der Waals surface area contributed by atoms with Gasteiger partial charge in [-0.1, -0.05) is 18.2 Å². The molecule has 1 N–H and O–H groups in total. The van der Waals surface area contributed by atoms with Crippen LogP contribution in [0.5, 0.6) is 0 Å². The maximum Gasteiger partial charge on any atom is 0.339 e. The highest BCUT2D eigenvalue weighted by Gasteiger charge is 2.15. The van der Waals surface area contributed by atoms with E-state index in [9.17, 15) is 18.8 Å². The summed E-state index contributed by atoms with van der Waals surface area (Å²) < 4.78 is 18.6. The summed E-state index contributed by atoms with van der Waals surface area (Å²) in [5.41, 5.74) is 1.35. The molecule has 0 atom stereocenters. The first-order chi connectivity index (χ1) is 13.9. The molecule has 0 aliphatic rings. The molecular formula is C22H15BrFNO4. The highest BCUT2D eigenvalue weighted by molar-refractivity contribution is 9.10. The van der Waals surface area contributed by atoms with E-state index in [1.165, 1.54) is 24.3 Å². The van der Waals surface area contributed by atoms with Gasteiger partial charge in [0, 0.05) is 21.3 Å². The third-order valence-electron chi connectivity index (χ3n) is 3.98. The standard InChI is InChI=1S/C22H15BrFNO4/c23-19-11-8-16(24)12-18(19)22(28)29-13-20(26)14-6-9-17(10-7-14)25-21(27)15-4-2-1-3-5-15/h1-12H,13H2,(H,25,27). The van der Waals surface area contributed by atoms with Crippen LogP contribution in [-0.2, 0) is 4.74 Å². The largest absolute Gasteiger partial charge is 0.454 e. The zero-order valence-electron chi connectivity index (χ0n) is 15.0. The molecule has 29 heavy (non-hydrogen) atoms. The van der Waals surface area contributed by atoms with E-state index in [0.29, 0.717) is 21.3 Å². The van der Waals surface area contributed by atoms with Crippen molar-refractivity contribution in [1.82, 2.24) is 0 Å². The molecule has 0 spiro atoms. The summed E-state index contributed by atoms with van der Waals surface area (Å²) in [6.07, 6.45) is 0. The van der Waals surface area contributed by atoms with Crippen LogP contribution in [0.3, 0.4) is 0 Å². The number of ketones is 1. The molecule has 1 amide bonds. The number of esters is 1. The molecule has 0 saturated carbocycles. The lowest BCUT2D eigenvalue weighted by Gasteiger charge is -2.08. The van der Waals surface area contributed by atoms with E-state index < -0.39 is 24.2 Å². The number of anilines is 1. The van der Waals surface area contributed by atoms with Gasteiger partial charge in [-0.05, 0) is 70.5 Å². The minimum absolute atomic E-state index is 0.00299. The van der Waals surface area contributed by atoms with Crippen LogP contribution in [0.1, 0.15) is 31.1 Å². The van der Waals surface area contributed by atoms with Crippen LogP contribution >= 0.6 is 15.9 Å². The topological polar surface area (TPSA) is 72.5 Å². The molecule has 0 radical (unpaired) electrons. The monoisotopic (exact) mass is 455 g/mol. The molecule has 0 aromatic heterocycles. The molecule has 0 saturated heterocycles. The number of hydrogen-bond donors (Lipinski definition) is 1. The molecule has 3 aromatic carbocycles. The molecule has 7 heteroatoms. The fourth-order valence-corrected chi connectivity index (χ4v) is 2.89. The molecule has 0 unspecified atom stereocenters. The van der Waals surface area contributed by atoms with Crippen LogP contribution in [0.2, 0.25) is 0 Å². The van der Waals surface area contributed by atoms with Crippen molar-refractivity contribution in [1.29, 1.82) is 0 Å². The Labute approximate surface area is 174 Å². The molecule has 0 bridgehead atoms. The molecule has 5 nitrogen and oxygen atoms in total. The SMILES string of the molecule is O=C(COC(=O)c1cc(F)ccc1Br)c1ccc(NC(=O)c2ccccc2)cc1. The molecular weight excluding hydrogens is 441 g/mol. The average Bonchev–Trinajstić information content (AvgIpc) is 2.74. The number of amides is 1. The van der Waals surface area contributed by atoms with Gasteiger partial charge in [-0.15, -0.1) is 0 Å². The average molecular weight is 456 g/mol. The van der Waals surface area contributed by atoms with E-state index in [1.54, 1.807) is 36.4 Å². The first-order valence-corrected chi connectivity index (χ1v) is 9.35. The Bertz CT molecular complexity index is 1050. The minimum atomic E-state index is -0.809. The maximum absolute atomic E-state index is 13.3. The second kappa shape index (κ2) is 9.25. The van der Waals surface area contributed by atoms with Crippen LogP contribution in [0.4, 0.5) is 10.1 Å². The maximum atomic E-state index is 13.3. The third-order valence-corrected chi connectivity index (χ3v) is 4.67. The van der Waals surface area contributed by atoms with E-state index in [1.807, 2.05) is 6.07 Å². The number of Topliss-reactive ketones (excluding diaryl/α,β-unsaturated/α-hetero) is 1. The second-order valence-corrected chi connectivity index (χ2v) is 6.88. The first-order valence-electron chi connectivity index (χ1n) is 8.56. The smallest absolute Gasteiger partial charge is 0.339 e. The van der Waals surface area contributed by atoms with Gasteiger partial charge in [0.05, 0.1) is 5.56 Å². The molecule has 3 rings (SSSR count). The van der Waals surface area contributed by atoms with Crippen LogP contribution in [0.15, 0.2) is 77.3 Å². The van der Waals surface area contributed by atoms with Gasteiger partial charge in [0.25, 0.3) is 5.91 Å². The van der Waals surface area contributed by atoms with Crippen LogP contribution in [-0.4, -0.2) is 24.3 Å². The van der Waals surface area contributed by atoms with Gasteiger partial charge in [0.2, 0.25) is 0 Å². The summed E-state index contributed by atoms with van der Waals surface area (Å²) in [5, 5.41) is 2.73. The predicted molar refractivity (Wildman–Crippen MR) is 110 cm³/mol. The van der Waals surface area contributed by atoms with Crippen molar-refractivity contribution in [2.75, 3.05) is 11.9 Å². The molecule has 3 aromatic rings. The lowest BCUT2D eigenvalue weighted by molar-refractivity contribution is 0.0473. The van der Waals surface area contributed by atoms with E-state index in [2.05, 4.69) is 21.2 Å². The normalized spacial score (nSPS) is 10.3.